The Morgan fingerprint density at radius 1 is 1.07 bits per heavy atom. The summed E-state index contributed by atoms with van der Waals surface area (Å²) in [7, 11) is 0. The molecule has 5 nitrogen and oxygen atoms in total. The van der Waals surface area contributed by atoms with Crippen LogP contribution in [0.2, 0.25) is 0 Å². The van der Waals surface area contributed by atoms with E-state index in [2.05, 4.69) is 15.6 Å². The Kier molecular flexibility index (Phi) is 5.08. The average Bonchev–Trinajstić information content (AvgIpc) is 3.12. The van der Waals surface area contributed by atoms with Crippen LogP contribution in [-0.4, -0.2) is 22.8 Å². The zero-order valence-corrected chi connectivity index (χ0v) is 16.0. The second-order valence-corrected chi connectivity index (χ2v) is 6.66. The van der Waals surface area contributed by atoms with Crippen LogP contribution in [0, 0.1) is 6.92 Å². The van der Waals surface area contributed by atoms with Gasteiger partial charge in [-0.05, 0) is 25.5 Å². The molecule has 0 saturated heterocycles. The molecule has 0 spiro atoms. The number of imidazole rings is 1. The van der Waals surface area contributed by atoms with Crippen LogP contribution < -0.4 is 5.63 Å². The Morgan fingerprint density at radius 2 is 1.89 bits per heavy atom. The quantitative estimate of drug-likeness (QED) is 0.364. The molecule has 0 N–H and O–H groups in total. The van der Waals surface area contributed by atoms with Gasteiger partial charge in [0.1, 0.15) is 5.58 Å². The fraction of sp³-hybridized carbons (Fsp3) is 0.217. The van der Waals surface area contributed by atoms with Gasteiger partial charge in [-0.15, -0.1) is 0 Å². The third kappa shape index (κ3) is 3.49. The number of aromatic nitrogens is 2. The molecule has 4 aromatic rings. The van der Waals surface area contributed by atoms with Gasteiger partial charge < -0.3 is 13.7 Å². The normalized spacial score (nSPS) is 11.2. The van der Waals surface area contributed by atoms with Gasteiger partial charge in [0.05, 0.1) is 24.3 Å². The van der Waals surface area contributed by atoms with Gasteiger partial charge in [-0.25, -0.2) is 9.78 Å². The van der Waals surface area contributed by atoms with E-state index < -0.39 is 0 Å². The summed E-state index contributed by atoms with van der Waals surface area (Å²) in [6.45, 7) is 5.88. The van der Waals surface area contributed by atoms with Crippen LogP contribution in [0.1, 0.15) is 12.5 Å². The van der Waals surface area contributed by atoms with Crippen LogP contribution in [-0.2, 0) is 11.3 Å². The summed E-state index contributed by atoms with van der Waals surface area (Å²) in [6.07, 6.45) is 1.84. The Balaban J connectivity index is 1.88. The summed E-state index contributed by atoms with van der Waals surface area (Å²) in [5.74, 6) is 0. The molecule has 0 aliphatic heterocycles. The first-order valence-electron chi connectivity index (χ1n) is 9.40. The van der Waals surface area contributed by atoms with Crippen molar-refractivity contribution in [3.63, 3.8) is 0 Å². The molecule has 0 aliphatic carbocycles. The minimum atomic E-state index is -0.338. The summed E-state index contributed by atoms with van der Waals surface area (Å²) in [5, 5.41) is 0.935. The molecule has 2 aromatic heterocycles. The van der Waals surface area contributed by atoms with Gasteiger partial charge in [0, 0.05) is 35.7 Å². The van der Waals surface area contributed by atoms with Gasteiger partial charge in [-0.1, -0.05) is 42.5 Å². The van der Waals surface area contributed by atoms with Crippen molar-refractivity contribution in [1.82, 2.24) is 9.55 Å². The molecule has 5 heteroatoms. The number of fused-ring (bicyclic) bond motifs is 1. The molecule has 2 aromatic carbocycles. The van der Waals surface area contributed by atoms with Crippen molar-refractivity contribution in [2.24, 2.45) is 0 Å². The predicted octanol–water partition coefficient (Wildman–Crippen LogP) is 4.67. The van der Waals surface area contributed by atoms with Crippen molar-refractivity contribution < 1.29 is 9.15 Å². The Bertz CT molecular complexity index is 1160. The Hall–Kier alpha value is -3.18. The lowest BCUT2D eigenvalue weighted by molar-refractivity contribution is 0.139. The van der Waals surface area contributed by atoms with E-state index in [1.807, 2.05) is 62.6 Å². The van der Waals surface area contributed by atoms with Crippen LogP contribution in [0.5, 0.6) is 0 Å². The third-order valence-corrected chi connectivity index (χ3v) is 4.79. The number of rotatable bonds is 6. The number of aryl methyl sites for hydroxylation is 1. The molecule has 0 unspecified atom stereocenters. The molecule has 0 bridgehead atoms. The van der Waals surface area contributed by atoms with Crippen LogP contribution >= 0.6 is 0 Å². The maximum absolute atomic E-state index is 11.8. The highest BCUT2D eigenvalue weighted by atomic mass is 16.5. The van der Waals surface area contributed by atoms with E-state index in [9.17, 15) is 4.79 Å². The molecule has 28 heavy (non-hydrogen) atoms. The highest BCUT2D eigenvalue weighted by molar-refractivity contribution is 5.87. The summed E-state index contributed by atoms with van der Waals surface area (Å²) in [4.78, 5) is 16.5. The molecule has 0 radical (unpaired) electrons. The monoisotopic (exact) mass is 374 g/mol. The average molecular weight is 374 g/mol. The number of hydrogen-bond donors (Lipinski definition) is 0. The van der Waals surface area contributed by atoms with Gasteiger partial charge >= 0.3 is 5.63 Å². The summed E-state index contributed by atoms with van der Waals surface area (Å²) in [6, 6.07) is 17.6. The minimum Gasteiger partial charge on any atom is -0.423 e. The van der Waals surface area contributed by atoms with E-state index in [0.717, 1.165) is 33.5 Å². The minimum absolute atomic E-state index is 0.338. The van der Waals surface area contributed by atoms with E-state index in [-0.39, 0.29) is 5.63 Å². The first kappa shape index (κ1) is 18.2. The van der Waals surface area contributed by atoms with Crippen molar-refractivity contribution in [1.29, 1.82) is 0 Å². The van der Waals surface area contributed by atoms with Crippen LogP contribution in [0.25, 0.3) is 33.5 Å². The Labute approximate surface area is 163 Å². The van der Waals surface area contributed by atoms with Crippen LogP contribution in [0.4, 0.5) is 0 Å². The maximum atomic E-state index is 11.8. The molecule has 0 fully saturated rings. The molecule has 4 rings (SSSR count). The first-order valence-corrected chi connectivity index (χ1v) is 9.40. The standard InChI is InChI=1S/C23H22N2O3/c1-3-27-12-11-25-15-24-22(17-7-5-4-6-8-17)23(25)18-9-10-19-16(2)13-21(26)28-20(19)14-18/h4-10,13-15H,3,11-12H2,1-2H3. The third-order valence-electron chi connectivity index (χ3n) is 4.79. The van der Waals surface area contributed by atoms with Gasteiger partial charge in [0.25, 0.3) is 0 Å². The molecule has 2 heterocycles. The van der Waals surface area contributed by atoms with Crippen LogP contribution in [0.3, 0.4) is 0 Å². The molecular formula is C23H22N2O3. The molecule has 0 saturated carbocycles. The molecular weight excluding hydrogens is 352 g/mol. The summed E-state index contributed by atoms with van der Waals surface area (Å²) >= 11 is 0. The second-order valence-electron chi connectivity index (χ2n) is 6.66. The van der Waals surface area contributed by atoms with E-state index in [4.69, 9.17) is 9.15 Å². The number of ether oxygens (including phenoxy) is 1. The topological polar surface area (TPSA) is 57.3 Å². The largest absolute Gasteiger partial charge is 0.423 e. The smallest absolute Gasteiger partial charge is 0.336 e. The number of nitrogens with zero attached hydrogens (tertiary/aromatic N) is 2. The van der Waals surface area contributed by atoms with Gasteiger partial charge in [-0.3, -0.25) is 0 Å². The van der Waals surface area contributed by atoms with E-state index in [1.54, 1.807) is 0 Å². The Morgan fingerprint density at radius 3 is 2.68 bits per heavy atom. The van der Waals surface area contributed by atoms with E-state index >= 15 is 0 Å². The van der Waals surface area contributed by atoms with Crippen molar-refractivity contribution in [2.75, 3.05) is 13.2 Å². The fourth-order valence-electron chi connectivity index (χ4n) is 3.44. The molecule has 0 amide bonds. The lowest BCUT2D eigenvalue weighted by Gasteiger charge is -2.12. The van der Waals surface area contributed by atoms with Crippen molar-refractivity contribution in [3.8, 4) is 22.5 Å². The zero-order chi connectivity index (χ0) is 19.5. The van der Waals surface area contributed by atoms with Crippen LogP contribution in [0.15, 0.2) is 70.1 Å². The highest BCUT2D eigenvalue weighted by Crippen LogP contribution is 2.33. The lowest BCUT2D eigenvalue weighted by atomic mass is 10.0. The van der Waals surface area contributed by atoms with Crippen molar-refractivity contribution >= 4 is 11.0 Å². The van der Waals surface area contributed by atoms with Crippen molar-refractivity contribution in [2.45, 2.75) is 20.4 Å². The maximum Gasteiger partial charge on any atom is 0.336 e. The zero-order valence-electron chi connectivity index (χ0n) is 16.0. The SMILES string of the molecule is CCOCCn1cnc(-c2ccccc2)c1-c1ccc2c(C)cc(=O)oc2c1. The van der Waals surface area contributed by atoms with E-state index in [1.165, 1.54) is 6.07 Å². The van der Waals surface area contributed by atoms with Gasteiger partial charge in [0.15, 0.2) is 0 Å². The number of hydrogen-bond acceptors (Lipinski definition) is 4. The van der Waals surface area contributed by atoms with Crippen molar-refractivity contribution in [3.05, 3.63) is 76.9 Å². The number of benzene rings is 2. The first-order chi connectivity index (χ1) is 13.7. The summed E-state index contributed by atoms with van der Waals surface area (Å²) in [5.41, 5.74) is 5.02. The fourth-order valence-corrected chi connectivity index (χ4v) is 3.44. The molecule has 0 atom stereocenters. The van der Waals surface area contributed by atoms with E-state index in [0.29, 0.717) is 25.3 Å². The second kappa shape index (κ2) is 7.82. The highest BCUT2D eigenvalue weighted by Gasteiger charge is 2.16. The van der Waals surface area contributed by atoms with Gasteiger partial charge in [0.2, 0.25) is 0 Å². The molecule has 0 aliphatic rings. The van der Waals surface area contributed by atoms with Gasteiger partial charge in [-0.2, -0.15) is 0 Å². The lowest BCUT2D eigenvalue weighted by Crippen LogP contribution is -2.06. The molecule has 142 valence electrons. The summed E-state index contributed by atoms with van der Waals surface area (Å²) < 4.78 is 13.1. The predicted molar refractivity (Wildman–Crippen MR) is 110 cm³/mol.